The van der Waals surface area contributed by atoms with Gasteiger partial charge in [0.15, 0.2) is 10.1 Å². The Morgan fingerprint density at radius 2 is 2.00 bits per heavy atom. The van der Waals surface area contributed by atoms with Crippen molar-refractivity contribution in [2.75, 3.05) is 24.3 Å². The molecule has 2 heterocycles. The van der Waals surface area contributed by atoms with Gasteiger partial charge in [-0.2, -0.15) is 0 Å². The number of nitrogens with zero attached hydrogens (tertiary/aromatic N) is 4. The topological polar surface area (TPSA) is 53.9 Å². The Morgan fingerprint density at radius 3 is 2.58 bits per heavy atom. The first-order valence-corrected chi connectivity index (χ1v) is 7.89. The van der Waals surface area contributed by atoms with Gasteiger partial charge in [0.1, 0.15) is 0 Å². The summed E-state index contributed by atoms with van der Waals surface area (Å²) in [5.74, 6) is 0. The van der Waals surface area contributed by atoms with Crippen molar-refractivity contribution >= 4 is 32.9 Å². The van der Waals surface area contributed by atoms with E-state index < -0.39 is 0 Å². The van der Waals surface area contributed by atoms with Gasteiger partial charge in [0, 0.05) is 20.1 Å². The van der Waals surface area contributed by atoms with E-state index in [1.807, 2.05) is 25.9 Å². The highest BCUT2D eigenvalue weighted by atomic mass is 32.1. The molecule has 0 aliphatic heterocycles. The predicted octanol–water partition coefficient (Wildman–Crippen LogP) is 3.25. The fourth-order valence-electron chi connectivity index (χ4n) is 1.46. The minimum atomic E-state index is 0.417. The van der Waals surface area contributed by atoms with E-state index in [-0.39, 0.29) is 0 Å². The molecular weight excluding hydrogens is 278 g/mol. The molecule has 0 bridgehead atoms. The van der Waals surface area contributed by atoms with Gasteiger partial charge in [-0.05, 0) is 20.3 Å². The normalized spacial score (nSPS) is 12.5. The fourth-order valence-corrected chi connectivity index (χ4v) is 3.42. The molecule has 1 N–H and O–H groups in total. The summed E-state index contributed by atoms with van der Waals surface area (Å²) in [6, 6.07) is 0.417. The lowest BCUT2D eigenvalue weighted by atomic mass is 10.3. The molecule has 0 radical (unpaired) electrons. The van der Waals surface area contributed by atoms with Crippen molar-refractivity contribution in [2.24, 2.45) is 0 Å². The molecule has 1 unspecified atom stereocenters. The summed E-state index contributed by atoms with van der Waals surface area (Å²) in [5, 5.41) is 14.6. The average Bonchev–Trinajstić information content (AvgIpc) is 2.95. The number of nitrogens with one attached hydrogen (secondary N) is 1. The van der Waals surface area contributed by atoms with Crippen molar-refractivity contribution in [1.29, 1.82) is 0 Å². The number of aromatic nitrogens is 3. The molecule has 1 atom stereocenters. The highest BCUT2D eigenvalue weighted by Crippen LogP contribution is 2.36. The Morgan fingerprint density at radius 1 is 1.26 bits per heavy atom. The molecule has 0 aromatic carbocycles. The summed E-state index contributed by atoms with van der Waals surface area (Å²) in [6.07, 6.45) is 1.07. The molecule has 0 saturated heterocycles. The van der Waals surface area contributed by atoms with E-state index in [1.165, 1.54) is 0 Å². The lowest BCUT2D eigenvalue weighted by molar-refractivity contribution is 0.760. The van der Waals surface area contributed by atoms with Crippen LogP contribution in [0.25, 0.3) is 9.88 Å². The Balaban J connectivity index is 2.22. The summed E-state index contributed by atoms with van der Waals surface area (Å²) >= 11 is 3.24. The number of hydrogen-bond donors (Lipinski definition) is 1. The third-order valence-corrected chi connectivity index (χ3v) is 5.10. The van der Waals surface area contributed by atoms with Gasteiger partial charge in [0.05, 0.1) is 10.6 Å². The van der Waals surface area contributed by atoms with Gasteiger partial charge in [-0.3, -0.25) is 0 Å². The van der Waals surface area contributed by atoms with Gasteiger partial charge in [-0.15, -0.1) is 10.2 Å². The zero-order chi connectivity index (χ0) is 14.0. The van der Waals surface area contributed by atoms with Crippen molar-refractivity contribution in [3.8, 4) is 9.88 Å². The minimum Gasteiger partial charge on any atom is -0.358 e. The third kappa shape index (κ3) is 3.22. The monoisotopic (exact) mass is 297 g/mol. The summed E-state index contributed by atoms with van der Waals surface area (Å²) in [7, 11) is 4.00. The van der Waals surface area contributed by atoms with E-state index in [1.54, 1.807) is 22.7 Å². The van der Waals surface area contributed by atoms with Crippen LogP contribution in [0, 0.1) is 6.92 Å². The van der Waals surface area contributed by atoms with Crippen LogP contribution in [0.3, 0.4) is 0 Å². The lowest BCUT2D eigenvalue weighted by Crippen LogP contribution is -2.12. The fraction of sp³-hybridized carbons (Fsp3) is 0.583. The molecule has 0 amide bonds. The van der Waals surface area contributed by atoms with Crippen molar-refractivity contribution < 1.29 is 0 Å². The van der Waals surface area contributed by atoms with Gasteiger partial charge < -0.3 is 10.2 Å². The lowest BCUT2D eigenvalue weighted by Gasteiger charge is -2.07. The van der Waals surface area contributed by atoms with Gasteiger partial charge in [0.2, 0.25) is 5.13 Å². The van der Waals surface area contributed by atoms with Crippen molar-refractivity contribution in [3.63, 3.8) is 0 Å². The largest absolute Gasteiger partial charge is 0.358 e. The Kier molecular flexibility index (Phi) is 4.36. The first kappa shape index (κ1) is 14.2. The van der Waals surface area contributed by atoms with Crippen LogP contribution in [0.1, 0.15) is 26.0 Å². The van der Waals surface area contributed by atoms with E-state index >= 15 is 0 Å². The molecule has 2 rings (SSSR count). The van der Waals surface area contributed by atoms with E-state index in [9.17, 15) is 0 Å². The van der Waals surface area contributed by atoms with E-state index in [0.717, 1.165) is 32.3 Å². The van der Waals surface area contributed by atoms with Gasteiger partial charge in [0.25, 0.3) is 0 Å². The number of anilines is 2. The van der Waals surface area contributed by atoms with Crippen LogP contribution >= 0.6 is 22.7 Å². The van der Waals surface area contributed by atoms with E-state index in [2.05, 4.69) is 34.3 Å². The minimum absolute atomic E-state index is 0.417. The summed E-state index contributed by atoms with van der Waals surface area (Å²) in [5.41, 5.74) is 1.01. The molecule has 5 nitrogen and oxygen atoms in total. The van der Waals surface area contributed by atoms with Crippen LogP contribution in [0.15, 0.2) is 0 Å². The number of thiazole rings is 1. The maximum absolute atomic E-state index is 4.54. The molecule has 0 aliphatic rings. The zero-order valence-electron chi connectivity index (χ0n) is 11.9. The average molecular weight is 297 g/mol. The maximum atomic E-state index is 4.54. The smallest absolute Gasteiger partial charge is 0.206 e. The maximum Gasteiger partial charge on any atom is 0.206 e. The van der Waals surface area contributed by atoms with Crippen LogP contribution in [0.2, 0.25) is 0 Å². The van der Waals surface area contributed by atoms with Crippen LogP contribution in [0.4, 0.5) is 10.3 Å². The van der Waals surface area contributed by atoms with Crippen molar-refractivity contribution in [2.45, 2.75) is 33.2 Å². The number of aryl methyl sites for hydroxylation is 1. The second kappa shape index (κ2) is 5.83. The van der Waals surface area contributed by atoms with Crippen LogP contribution in [0.5, 0.6) is 0 Å². The first-order chi connectivity index (χ1) is 9.01. The molecule has 0 aliphatic carbocycles. The molecule has 104 valence electrons. The number of rotatable bonds is 5. The Bertz CT molecular complexity index is 546. The molecule has 0 saturated carbocycles. The van der Waals surface area contributed by atoms with Gasteiger partial charge in [-0.1, -0.05) is 29.6 Å². The highest BCUT2D eigenvalue weighted by Gasteiger charge is 2.15. The van der Waals surface area contributed by atoms with Crippen LogP contribution < -0.4 is 10.2 Å². The zero-order valence-corrected chi connectivity index (χ0v) is 13.5. The molecule has 7 heteroatoms. The SMILES string of the molecule is CCC(C)Nc1nnc(-c2sc(N(C)C)nc2C)s1. The highest BCUT2D eigenvalue weighted by molar-refractivity contribution is 7.25. The quantitative estimate of drug-likeness (QED) is 0.918. The summed E-state index contributed by atoms with van der Waals surface area (Å²) in [4.78, 5) is 7.66. The molecular formula is C12H19N5S2. The second-order valence-corrected chi connectivity index (χ2v) is 6.63. The first-order valence-electron chi connectivity index (χ1n) is 6.26. The second-order valence-electron chi connectivity index (χ2n) is 4.67. The standard InChI is InChI=1S/C12H19N5S2/c1-6-7(2)13-11-16-15-10(19-11)9-8(3)14-12(18-9)17(4)5/h7H,6H2,1-5H3,(H,13,16). The van der Waals surface area contributed by atoms with Crippen molar-refractivity contribution in [1.82, 2.24) is 15.2 Å². The predicted molar refractivity (Wildman–Crippen MR) is 83.5 cm³/mol. The molecule has 2 aromatic rings. The van der Waals surface area contributed by atoms with Crippen LogP contribution in [-0.4, -0.2) is 35.3 Å². The molecule has 2 aromatic heterocycles. The molecule has 0 spiro atoms. The Labute approximate surface area is 121 Å². The number of hydrogen-bond acceptors (Lipinski definition) is 7. The Hall–Kier alpha value is -1.21. The van der Waals surface area contributed by atoms with Crippen LogP contribution in [-0.2, 0) is 0 Å². The summed E-state index contributed by atoms with van der Waals surface area (Å²) in [6.45, 7) is 6.31. The van der Waals surface area contributed by atoms with E-state index in [0.29, 0.717) is 6.04 Å². The van der Waals surface area contributed by atoms with Gasteiger partial charge in [-0.25, -0.2) is 4.98 Å². The molecule has 0 fully saturated rings. The summed E-state index contributed by atoms with van der Waals surface area (Å²) < 4.78 is 0. The van der Waals surface area contributed by atoms with Gasteiger partial charge >= 0.3 is 0 Å². The molecule has 19 heavy (non-hydrogen) atoms. The third-order valence-electron chi connectivity index (χ3n) is 2.77. The van der Waals surface area contributed by atoms with Crippen molar-refractivity contribution in [3.05, 3.63) is 5.69 Å². The van der Waals surface area contributed by atoms with E-state index in [4.69, 9.17) is 0 Å².